The highest BCUT2D eigenvalue weighted by atomic mass is 16.2. The average Bonchev–Trinajstić information content (AvgIpc) is 3.26. The number of hydrazone groups is 1. The molecule has 0 saturated heterocycles. The lowest BCUT2D eigenvalue weighted by atomic mass is 10.2. The van der Waals surface area contributed by atoms with Crippen molar-refractivity contribution in [3.63, 3.8) is 0 Å². The van der Waals surface area contributed by atoms with Crippen LogP contribution in [0.2, 0.25) is 0 Å². The topological polar surface area (TPSA) is 72.2 Å². The van der Waals surface area contributed by atoms with E-state index >= 15 is 0 Å². The Hall–Kier alpha value is -3.28. The number of nitrogens with zero attached hydrogens (tertiary/aromatic N) is 4. The quantitative estimate of drug-likeness (QED) is 0.590. The number of rotatable bonds is 4. The molecule has 2 aromatic heterocycles. The van der Waals surface area contributed by atoms with Crippen molar-refractivity contribution in [2.45, 2.75) is 19.3 Å². The molecule has 6 heteroatoms. The van der Waals surface area contributed by atoms with Gasteiger partial charge in [0, 0.05) is 29.2 Å². The molecule has 1 aliphatic carbocycles. The Balaban J connectivity index is 1.58. The second-order valence-corrected chi connectivity index (χ2v) is 5.86. The van der Waals surface area contributed by atoms with Crippen molar-refractivity contribution in [1.82, 2.24) is 20.2 Å². The van der Waals surface area contributed by atoms with Gasteiger partial charge in [-0.05, 0) is 37.5 Å². The van der Waals surface area contributed by atoms with Gasteiger partial charge in [-0.1, -0.05) is 24.3 Å². The molecular formula is C19H17N5O. The summed E-state index contributed by atoms with van der Waals surface area (Å²) in [5.74, 6) is -0.284. The van der Waals surface area contributed by atoms with Gasteiger partial charge in [-0.2, -0.15) is 10.2 Å². The van der Waals surface area contributed by atoms with Gasteiger partial charge in [0.25, 0.3) is 5.91 Å². The van der Waals surface area contributed by atoms with Crippen molar-refractivity contribution in [3.05, 3.63) is 77.4 Å². The summed E-state index contributed by atoms with van der Waals surface area (Å²) in [6.07, 6.45) is 7.78. The molecule has 1 amide bonds. The van der Waals surface area contributed by atoms with E-state index in [4.69, 9.17) is 0 Å². The van der Waals surface area contributed by atoms with E-state index in [0.717, 1.165) is 41.8 Å². The van der Waals surface area contributed by atoms with E-state index in [2.05, 4.69) is 20.6 Å². The van der Waals surface area contributed by atoms with Crippen LogP contribution < -0.4 is 5.43 Å². The van der Waals surface area contributed by atoms with Crippen molar-refractivity contribution in [3.8, 4) is 5.69 Å². The highest BCUT2D eigenvalue weighted by Gasteiger charge is 2.26. The number of nitrogens with one attached hydrogen (secondary N) is 1. The fourth-order valence-corrected chi connectivity index (χ4v) is 3.07. The zero-order chi connectivity index (χ0) is 17.1. The number of fused-ring (bicyclic) bond motifs is 1. The molecule has 0 atom stereocenters. The summed E-state index contributed by atoms with van der Waals surface area (Å²) in [5.41, 5.74) is 6.96. The van der Waals surface area contributed by atoms with E-state index in [1.807, 2.05) is 47.1 Å². The van der Waals surface area contributed by atoms with Gasteiger partial charge in [-0.25, -0.2) is 10.1 Å². The van der Waals surface area contributed by atoms with Gasteiger partial charge in [-0.3, -0.25) is 9.78 Å². The fourth-order valence-electron chi connectivity index (χ4n) is 3.07. The normalized spacial score (nSPS) is 13.1. The van der Waals surface area contributed by atoms with Crippen LogP contribution in [0.1, 0.15) is 33.7 Å². The van der Waals surface area contributed by atoms with E-state index in [1.165, 1.54) is 0 Å². The van der Waals surface area contributed by atoms with Gasteiger partial charge < -0.3 is 0 Å². The Morgan fingerprint density at radius 3 is 2.84 bits per heavy atom. The van der Waals surface area contributed by atoms with Gasteiger partial charge in [0.15, 0.2) is 5.69 Å². The molecule has 0 aliphatic heterocycles. The largest absolute Gasteiger partial charge is 0.292 e. The van der Waals surface area contributed by atoms with E-state index in [1.54, 1.807) is 18.6 Å². The first-order chi connectivity index (χ1) is 12.3. The third kappa shape index (κ3) is 3.06. The Labute approximate surface area is 145 Å². The monoisotopic (exact) mass is 331 g/mol. The molecule has 0 radical (unpaired) electrons. The van der Waals surface area contributed by atoms with Crippen molar-refractivity contribution in [2.75, 3.05) is 0 Å². The molecular weight excluding hydrogens is 314 g/mol. The molecule has 1 aliphatic rings. The summed E-state index contributed by atoms with van der Waals surface area (Å²) < 4.78 is 1.88. The Bertz CT molecular complexity index is 916. The SMILES string of the molecule is O=C(N/N=C/c1cccnc1)c1nn(-c2ccccc2)c2c1CCC2. The molecule has 124 valence electrons. The molecule has 0 bridgehead atoms. The van der Waals surface area contributed by atoms with E-state index < -0.39 is 0 Å². The smallest absolute Gasteiger partial charge is 0.265 e. The van der Waals surface area contributed by atoms with Gasteiger partial charge in [0.2, 0.25) is 0 Å². The van der Waals surface area contributed by atoms with Crippen molar-refractivity contribution in [2.24, 2.45) is 5.10 Å². The maximum atomic E-state index is 12.5. The number of benzene rings is 1. The second kappa shape index (κ2) is 6.68. The van der Waals surface area contributed by atoms with E-state index in [0.29, 0.717) is 5.69 Å². The zero-order valence-electron chi connectivity index (χ0n) is 13.6. The standard InChI is InChI=1S/C19H17N5O/c25-19(22-21-13-14-6-5-11-20-12-14)18-16-9-4-10-17(16)24(23-18)15-7-2-1-3-8-15/h1-3,5-8,11-13H,4,9-10H2,(H,22,25)/b21-13+. The lowest BCUT2D eigenvalue weighted by Crippen LogP contribution is -2.20. The van der Waals surface area contributed by atoms with Crippen LogP contribution in [0.3, 0.4) is 0 Å². The van der Waals surface area contributed by atoms with E-state index in [9.17, 15) is 4.79 Å². The zero-order valence-corrected chi connectivity index (χ0v) is 13.6. The number of carbonyl (C=O) groups is 1. The highest BCUT2D eigenvalue weighted by Crippen LogP contribution is 2.27. The lowest BCUT2D eigenvalue weighted by Gasteiger charge is -2.04. The van der Waals surface area contributed by atoms with Crippen LogP contribution in [-0.2, 0) is 12.8 Å². The molecule has 0 fully saturated rings. The molecule has 4 rings (SSSR count). The van der Waals surface area contributed by atoms with Crippen molar-refractivity contribution in [1.29, 1.82) is 0 Å². The number of pyridine rings is 1. The van der Waals surface area contributed by atoms with Crippen LogP contribution >= 0.6 is 0 Å². The highest BCUT2D eigenvalue weighted by molar-refractivity contribution is 5.95. The van der Waals surface area contributed by atoms with Crippen molar-refractivity contribution < 1.29 is 4.79 Å². The molecule has 1 N–H and O–H groups in total. The molecule has 1 aromatic carbocycles. The van der Waals surface area contributed by atoms with Gasteiger partial charge in [0.05, 0.1) is 11.9 Å². The number of aromatic nitrogens is 3. The van der Waals surface area contributed by atoms with Crippen LogP contribution in [0.5, 0.6) is 0 Å². The molecule has 2 heterocycles. The summed E-state index contributed by atoms with van der Waals surface area (Å²) in [6, 6.07) is 13.6. The number of amides is 1. The summed E-state index contributed by atoms with van der Waals surface area (Å²) in [4.78, 5) is 16.5. The van der Waals surface area contributed by atoms with Crippen LogP contribution in [-0.4, -0.2) is 26.9 Å². The predicted octanol–water partition coefficient (Wildman–Crippen LogP) is 2.52. The summed E-state index contributed by atoms with van der Waals surface area (Å²) in [5, 5.41) is 8.56. The minimum atomic E-state index is -0.284. The maximum absolute atomic E-state index is 12.5. The minimum Gasteiger partial charge on any atom is -0.265 e. The van der Waals surface area contributed by atoms with Gasteiger partial charge in [-0.15, -0.1) is 0 Å². The second-order valence-electron chi connectivity index (χ2n) is 5.86. The van der Waals surface area contributed by atoms with Gasteiger partial charge in [0.1, 0.15) is 0 Å². The molecule has 6 nitrogen and oxygen atoms in total. The number of para-hydroxylation sites is 1. The first kappa shape index (κ1) is 15.3. The Kier molecular flexibility index (Phi) is 4.08. The molecule has 3 aromatic rings. The van der Waals surface area contributed by atoms with Crippen molar-refractivity contribution >= 4 is 12.1 Å². The van der Waals surface area contributed by atoms with Crippen LogP contribution in [0, 0.1) is 0 Å². The third-order valence-electron chi connectivity index (χ3n) is 4.21. The molecule has 0 saturated carbocycles. The Morgan fingerprint density at radius 2 is 2.04 bits per heavy atom. The van der Waals surface area contributed by atoms with Crippen LogP contribution in [0.15, 0.2) is 60.0 Å². The average molecular weight is 331 g/mol. The van der Waals surface area contributed by atoms with Crippen LogP contribution in [0.25, 0.3) is 5.69 Å². The number of hydrogen-bond donors (Lipinski definition) is 1. The summed E-state index contributed by atoms with van der Waals surface area (Å²) in [7, 11) is 0. The van der Waals surface area contributed by atoms with Gasteiger partial charge >= 0.3 is 0 Å². The Morgan fingerprint density at radius 1 is 1.16 bits per heavy atom. The molecule has 25 heavy (non-hydrogen) atoms. The number of carbonyl (C=O) groups excluding carboxylic acids is 1. The fraction of sp³-hybridized carbons (Fsp3) is 0.158. The minimum absolute atomic E-state index is 0.284. The predicted molar refractivity (Wildman–Crippen MR) is 94.9 cm³/mol. The van der Waals surface area contributed by atoms with Crippen LogP contribution in [0.4, 0.5) is 0 Å². The van der Waals surface area contributed by atoms with E-state index in [-0.39, 0.29) is 5.91 Å². The maximum Gasteiger partial charge on any atom is 0.292 e. The summed E-state index contributed by atoms with van der Waals surface area (Å²) in [6.45, 7) is 0. The molecule has 0 unspecified atom stereocenters. The summed E-state index contributed by atoms with van der Waals surface area (Å²) >= 11 is 0. The lowest BCUT2D eigenvalue weighted by molar-refractivity contribution is 0.0949. The first-order valence-corrected chi connectivity index (χ1v) is 8.22. The first-order valence-electron chi connectivity index (χ1n) is 8.22. The molecule has 0 spiro atoms. The number of hydrogen-bond acceptors (Lipinski definition) is 4. The third-order valence-corrected chi connectivity index (χ3v) is 4.21.